The topological polar surface area (TPSA) is 141 Å². The van der Waals surface area contributed by atoms with E-state index < -0.39 is 0 Å². The lowest BCUT2D eigenvalue weighted by atomic mass is 10.2. The van der Waals surface area contributed by atoms with E-state index in [1.165, 1.54) is 12.1 Å². The maximum absolute atomic E-state index is 13.6. The molecule has 4 N–H and O–H groups in total. The summed E-state index contributed by atoms with van der Waals surface area (Å²) >= 11 is 0. The van der Waals surface area contributed by atoms with Crippen LogP contribution in [0.15, 0.2) is 72.8 Å². The molecule has 0 saturated carbocycles. The van der Waals surface area contributed by atoms with Crippen LogP contribution in [0.2, 0.25) is 0 Å². The number of benzene rings is 3. The SMILES string of the molecule is O=C(NCCOCCOCCNc1nc(NCc2cccc(F)c2)nc(NCc2ccc3c(c2)OCO3)n1)c1ccccc1. The van der Waals surface area contributed by atoms with Gasteiger partial charge in [0.25, 0.3) is 5.91 Å². The Kier molecular flexibility index (Phi) is 11.1. The number of fused-ring (bicyclic) bond motifs is 1. The van der Waals surface area contributed by atoms with Crippen LogP contribution in [0.25, 0.3) is 0 Å². The second-order valence-corrected chi connectivity index (χ2v) is 9.60. The highest BCUT2D eigenvalue weighted by molar-refractivity contribution is 5.94. The molecule has 0 atom stereocenters. The molecule has 0 radical (unpaired) electrons. The Bertz CT molecular complexity index is 1510. The average Bonchev–Trinajstić information content (AvgIpc) is 3.52. The number of halogens is 1. The number of anilines is 3. The molecule has 0 aliphatic carbocycles. The van der Waals surface area contributed by atoms with Crippen molar-refractivity contribution < 1.29 is 28.1 Å². The average molecular weight is 604 g/mol. The molecule has 0 unspecified atom stereocenters. The number of carbonyl (C=O) groups excluding carboxylic acids is 1. The highest BCUT2D eigenvalue weighted by atomic mass is 19.1. The monoisotopic (exact) mass is 603 g/mol. The molecule has 1 aliphatic rings. The molecule has 4 aromatic rings. The Balaban J connectivity index is 1.05. The summed E-state index contributed by atoms with van der Waals surface area (Å²) < 4.78 is 35.6. The van der Waals surface area contributed by atoms with Gasteiger partial charge in [-0.25, -0.2) is 4.39 Å². The maximum Gasteiger partial charge on any atom is 0.251 e. The van der Waals surface area contributed by atoms with E-state index in [2.05, 4.69) is 36.2 Å². The molecule has 0 saturated heterocycles. The van der Waals surface area contributed by atoms with Crippen molar-refractivity contribution in [1.82, 2.24) is 20.3 Å². The summed E-state index contributed by atoms with van der Waals surface area (Å²) in [5.74, 6) is 2.00. The lowest BCUT2D eigenvalue weighted by molar-refractivity contribution is 0.0519. The van der Waals surface area contributed by atoms with E-state index in [-0.39, 0.29) is 18.5 Å². The van der Waals surface area contributed by atoms with Gasteiger partial charge in [-0.05, 0) is 47.5 Å². The van der Waals surface area contributed by atoms with Crippen LogP contribution in [0.3, 0.4) is 0 Å². The predicted octanol–water partition coefficient (Wildman–Crippen LogP) is 3.84. The number of hydrogen-bond donors (Lipinski definition) is 4. The zero-order valence-corrected chi connectivity index (χ0v) is 24.1. The Morgan fingerprint density at radius 2 is 1.36 bits per heavy atom. The number of nitrogens with zero attached hydrogens (tertiary/aromatic N) is 3. The smallest absolute Gasteiger partial charge is 0.251 e. The van der Waals surface area contributed by atoms with Gasteiger partial charge in [0, 0.05) is 31.7 Å². The fraction of sp³-hybridized carbons (Fsp3) is 0.290. The Morgan fingerprint density at radius 3 is 2.09 bits per heavy atom. The first-order valence-electron chi connectivity index (χ1n) is 14.2. The van der Waals surface area contributed by atoms with Crippen molar-refractivity contribution in [1.29, 1.82) is 0 Å². The molecule has 44 heavy (non-hydrogen) atoms. The lowest BCUT2D eigenvalue weighted by Gasteiger charge is -2.12. The molecule has 13 heteroatoms. The number of amides is 1. The molecule has 2 heterocycles. The van der Waals surface area contributed by atoms with Gasteiger partial charge in [0.05, 0.1) is 26.4 Å². The third-order valence-electron chi connectivity index (χ3n) is 6.33. The minimum atomic E-state index is -0.311. The number of hydrogen-bond acceptors (Lipinski definition) is 11. The van der Waals surface area contributed by atoms with Gasteiger partial charge in [0.1, 0.15) is 5.82 Å². The summed E-state index contributed by atoms with van der Waals surface area (Å²) in [6.07, 6.45) is 0. The van der Waals surface area contributed by atoms with Crippen molar-refractivity contribution in [3.8, 4) is 11.5 Å². The van der Waals surface area contributed by atoms with Gasteiger partial charge in [-0.1, -0.05) is 36.4 Å². The zero-order chi connectivity index (χ0) is 30.4. The first-order valence-corrected chi connectivity index (χ1v) is 14.2. The van der Waals surface area contributed by atoms with Crippen LogP contribution in [-0.4, -0.2) is 67.2 Å². The van der Waals surface area contributed by atoms with Crippen LogP contribution >= 0.6 is 0 Å². The molecule has 0 bridgehead atoms. The molecule has 3 aromatic carbocycles. The van der Waals surface area contributed by atoms with E-state index in [1.54, 1.807) is 18.2 Å². The standard InChI is InChI=1S/C31H34FN7O5/c32-25-8-4-5-22(17-25)19-35-30-37-29(38-31(39-30)36-20-23-9-10-26-27(18-23)44-21-43-26)34-12-14-42-16-15-41-13-11-33-28(40)24-6-2-1-3-7-24/h1-10,17-18H,11-16,19-21H2,(H,33,40)(H3,34,35,36,37,38,39). The molecule has 0 spiro atoms. The highest BCUT2D eigenvalue weighted by Gasteiger charge is 2.14. The molecule has 230 valence electrons. The summed E-state index contributed by atoms with van der Waals surface area (Å²) in [6, 6.07) is 21.1. The van der Waals surface area contributed by atoms with Gasteiger partial charge in [-0.15, -0.1) is 0 Å². The van der Waals surface area contributed by atoms with Gasteiger partial charge >= 0.3 is 0 Å². The number of carbonyl (C=O) groups is 1. The third-order valence-corrected chi connectivity index (χ3v) is 6.33. The molecule has 0 fully saturated rings. The van der Waals surface area contributed by atoms with Crippen molar-refractivity contribution >= 4 is 23.8 Å². The van der Waals surface area contributed by atoms with Gasteiger partial charge in [0.15, 0.2) is 11.5 Å². The highest BCUT2D eigenvalue weighted by Crippen LogP contribution is 2.32. The van der Waals surface area contributed by atoms with Crippen LogP contribution < -0.4 is 30.7 Å². The van der Waals surface area contributed by atoms with Crippen molar-refractivity contribution in [2.75, 3.05) is 62.3 Å². The van der Waals surface area contributed by atoms with Crippen LogP contribution in [0.5, 0.6) is 11.5 Å². The Morgan fingerprint density at radius 1 is 0.705 bits per heavy atom. The normalized spacial score (nSPS) is 11.7. The molecule has 5 rings (SSSR count). The summed E-state index contributed by atoms with van der Waals surface area (Å²) in [5, 5.41) is 12.3. The van der Waals surface area contributed by atoms with E-state index in [0.29, 0.717) is 87.5 Å². The van der Waals surface area contributed by atoms with E-state index in [4.69, 9.17) is 18.9 Å². The van der Waals surface area contributed by atoms with E-state index >= 15 is 0 Å². The van der Waals surface area contributed by atoms with Gasteiger partial charge in [0.2, 0.25) is 24.6 Å². The summed E-state index contributed by atoms with van der Waals surface area (Å²) in [7, 11) is 0. The summed E-state index contributed by atoms with van der Waals surface area (Å²) in [6.45, 7) is 3.43. The molecule has 1 aromatic heterocycles. The number of aromatic nitrogens is 3. The number of rotatable bonds is 17. The Hall–Kier alpha value is -5.01. The fourth-order valence-corrected chi connectivity index (χ4v) is 4.16. The van der Waals surface area contributed by atoms with Crippen LogP contribution in [0.1, 0.15) is 21.5 Å². The van der Waals surface area contributed by atoms with Gasteiger partial charge < -0.3 is 40.2 Å². The van der Waals surface area contributed by atoms with E-state index in [0.717, 1.165) is 11.1 Å². The van der Waals surface area contributed by atoms with Crippen LogP contribution in [-0.2, 0) is 22.6 Å². The lowest BCUT2D eigenvalue weighted by Crippen LogP contribution is -2.27. The Labute approximate surface area is 254 Å². The molecule has 1 aliphatic heterocycles. The van der Waals surface area contributed by atoms with Gasteiger partial charge in [-0.3, -0.25) is 4.79 Å². The van der Waals surface area contributed by atoms with Crippen molar-refractivity contribution in [2.45, 2.75) is 13.1 Å². The van der Waals surface area contributed by atoms with Crippen molar-refractivity contribution in [3.05, 3.63) is 95.3 Å². The molecular weight excluding hydrogens is 569 g/mol. The third kappa shape index (κ3) is 9.51. The van der Waals surface area contributed by atoms with E-state index in [1.807, 2.05) is 42.5 Å². The molecule has 1 amide bonds. The zero-order valence-electron chi connectivity index (χ0n) is 24.1. The van der Waals surface area contributed by atoms with Crippen molar-refractivity contribution in [3.63, 3.8) is 0 Å². The largest absolute Gasteiger partial charge is 0.454 e. The second kappa shape index (κ2) is 16.0. The quantitative estimate of drug-likeness (QED) is 0.131. The molecule has 12 nitrogen and oxygen atoms in total. The van der Waals surface area contributed by atoms with E-state index in [9.17, 15) is 9.18 Å². The first kappa shape index (κ1) is 30.4. The summed E-state index contributed by atoms with van der Waals surface area (Å²) in [4.78, 5) is 25.4. The maximum atomic E-state index is 13.6. The summed E-state index contributed by atoms with van der Waals surface area (Å²) in [5.41, 5.74) is 2.33. The molecular formula is C31H34FN7O5. The van der Waals surface area contributed by atoms with Crippen molar-refractivity contribution in [2.24, 2.45) is 0 Å². The fourth-order valence-electron chi connectivity index (χ4n) is 4.16. The van der Waals surface area contributed by atoms with Gasteiger partial charge in [-0.2, -0.15) is 15.0 Å². The minimum Gasteiger partial charge on any atom is -0.454 e. The van der Waals surface area contributed by atoms with Crippen LogP contribution in [0, 0.1) is 5.82 Å². The predicted molar refractivity (Wildman–Crippen MR) is 162 cm³/mol. The first-order chi connectivity index (χ1) is 21.6. The number of nitrogens with one attached hydrogen (secondary N) is 4. The van der Waals surface area contributed by atoms with Crippen LogP contribution in [0.4, 0.5) is 22.2 Å². The number of ether oxygens (including phenoxy) is 4. The second-order valence-electron chi connectivity index (χ2n) is 9.60. The minimum absolute atomic E-state index is 0.131.